The number of carboxylic acid groups (broad SMARTS) is 1. The highest BCUT2D eigenvalue weighted by molar-refractivity contribution is 5.96. The standard InChI is InChI=1S/C30H47N7O7/c1-16(2)13-23(35-26(39)17(3)32)28(41)36-24(14-19-15-33-21-10-6-5-9-20(19)21)29(42)34-22(11-7-8-12-31)27(40)37-25(18(4)38)30(43)44/h5-6,9-10,15-18,22-25,33,38H,7-8,11-14,31-32H2,1-4H3,(H,34,42)(H,35,39)(H,36,41)(H,37,40)(H,43,44)/t17-,18+,22-,23-,24-,25-/m0/s1. The summed E-state index contributed by atoms with van der Waals surface area (Å²) in [6.45, 7) is 6.84. The van der Waals surface area contributed by atoms with Crippen LogP contribution in [-0.2, 0) is 30.4 Å². The summed E-state index contributed by atoms with van der Waals surface area (Å²) < 4.78 is 0. The summed E-state index contributed by atoms with van der Waals surface area (Å²) in [7, 11) is 0. The van der Waals surface area contributed by atoms with Crippen LogP contribution in [0.15, 0.2) is 30.5 Å². The molecule has 0 saturated heterocycles. The minimum absolute atomic E-state index is 0.0201. The van der Waals surface area contributed by atoms with Crippen LogP contribution in [0.4, 0.5) is 0 Å². The van der Waals surface area contributed by atoms with Gasteiger partial charge in [0.15, 0.2) is 6.04 Å². The number of aromatic amines is 1. The molecule has 6 atom stereocenters. The number of hydrogen-bond acceptors (Lipinski definition) is 8. The number of para-hydroxylation sites is 1. The van der Waals surface area contributed by atoms with Gasteiger partial charge in [0.25, 0.3) is 0 Å². The number of unbranched alkanes of at least 4 members (excludes halogenated alkanes) is 1. The Balaban J connectivity index is 2.40. The lowest BCUT2D eigenvalue weighted by atomic mass is 10.00. The number of aliphatic carboxylic acids is 1. The van der Waals surface area contributed by atoms with Crippen molar-refractivity contribution in [3.8, 4) is 0 Å². The number of aromatic nitrogens is 1. The first-order valence-electron chi connectivity index (χ1n) is 14.9. The number of aliphatic hydroxyl groups excluding tert-OH is 1. The molecular weight excluding hydrogens is 570 g/mol. The number of amides is 4. The molecule has 2 rings (SSSR count). The van der Waals surface area contributed by atoms with E-state index in [1.807, 2.05) is 38.1 Å². The number of hydrogen-bond donors (Lipinski definition) is 9. The number of nitrogens with two attached hydrogens (primary N) is 2. The van der Waals surface area contributed by atoms with Crippen molar-refractivity contribution in [1.82, 2.24) is 26.3 Å². The van der Waals surface area contributed by atoms with E-state index < -0.39 is 65.9 Å². The van der Waals surface area contributed by atoms with E-state index in [1.165, 1.54) is 13.8 Å². The average Bonchev–Trinajstić information content (AvgIpc) is 3.36. The Hall–Kier alpha value is -4.01. The van der Waals surface area contributed by atoms with Crippen molar-refractivity contribution < 1.29 is 34.2 Å². The summed E-state index contributed by atoms with van der Waals surface area (Å²) in [4.78, 5) is 67.6. The second-order valence-electron chi connectivity index (χ2n) is 11.5. The molecule has 14 heteroatoms. The molecule has 11 N–H and O–H groups in total. The molecule has 0 aliphatic heterocycles. The van der Waals surface area contributed by atoms with Crippen molar-refractivity contribution in [2.24, 2.45) is 17.4 Å². The molecule has 4 amide bonds. The Kier molecular flexibility index (Phi) is 14.2. The molecule has 0 saturated carbocycles. The van der Waals surface area contributed by atoms with Crippen molar-refractivity contribution in [2.45, 2.75) is 96.1 Å². The molecule has 1 aromatic carbocycles. The maximum absolute atomic E-state index is 13.8. The molecule has 0 unspecified atom stereocenters. The lowest BCUT2D eigenvalue weighted by Crippen LogP contribution is -2.59. The van der Waals surface area contributed by atoms with Crippen LogP contribution >= 0.6 is 0 Å². The van der Waals surface area contributed by atoms with Gasteiger partial charge in [-0.05, 0) is 63.6 Å². The number of carboxylic acids is 1. The van der Waals surface area contributed by atoms with Crippen LogP contribution in [0, 0.1) is 5.92 Å². The Labute approximate surface area is 257 Å². The lowest BCUT2D eigenvalue weighted by molar-refractivity contribution is -0.145. The predicted molar refractivity (Wildman–Crippen MR) is 165 cm³/mol. The maximum Gasteiger partial charge on any atom is 0.328 e. The van der Waals surface area contributed by atoms with Gasteiger partial charge in [0, 0.05) is 23.5 Å². The topological polar surface area (TPSA) is 242 Å². The molecule has 0 bridgehead atoms. The predicted octanol–water partition coefficient (Wildman–Crippen LogP) is -0.363. The van der Waals surface area contributed by atoms with Gasteiger partial charge < -0.3 is 47.9 Å². The third kappa shape index (κ3) is 10.9. The van der Waals surface area contributed by atoms with Crippen LogP contribution in [0.5, 0.6) is 0 Å². The van der Waals surface area contributed by atoms with Gasteiger partial charge in [0.1, 0.15) is 18.1 Å². The van der Waals surface area contributed by atoms with Gasteiger partial charge in [-0.3, -0.25) is 19.2 Å². The molecule has 0 fully saturated rings. The van der Waals surface area contributed by atoms with Crippen LogP contribution in [0.25, 0.3) is 10.9 Å². The number of aliphatic hydroxyl groups is 1. The number of benzene rings is 1. The number of fused-ring (bicyclic) bond motifs is 1. The molecule has 244 valence electrons. The second kappa shape index (κ2) is 17.3. The SMILES string of the molecule is CC(C)C[C@H](NC(=O)[C@H](C)N)C(=O)N[C@@H](Cc1c[nH]c2ccccc12)C(=O)N[C@@H](CCCCN)C(=O)N[C@H](C(=O)O)[C@@H](C)O. The minimum Gasteiger partial charge on any atom is -0.480 e. The Bertz CT molecular complexity index is 1280. The number of H-pyrrole nitrogens is 1. The van der Waals surface area contributed by atoms with E-state index >= 15 is 0 Å². The summed E-state index contributed by atoms with van der Waals surface area (Å²) in [5.41, 5.74) is 12.9. The normalized spacial score (nSPS) is 15.5. The third-order valence-corrected chi connectivity index (χ3v) is 7.11. The summed E-state index contributed by atoms with van der Waals surface area (Å²) in [5, 5.41) is 30.5. The minimum atomic E-state index is -1.59. The Morgan fingerprint density at radius 3 is 2.02 bits per heavy atom. The van der Waals surface area contributed by atoms with Gasteiger partial charge in [-0.2, -0.15) is 0 Å². The van der Waals surface area contributed by atoms with Crippen molar-refractivity contribution in [1.29, 1.82) is 0 Å². The van der Waals surface area contributed by atoms with Crippen LogP contribution < -0.4 is 32.7 Å². The highest BCUT2D eigenvalue weighted by Gasteiger charge is 2.33. The van der Waals surface area contributed by atoms with Gasteiger partial charge in [-0.15, -0.1) is 0 Å². The smallest absolute Gasteiger partial charge is 0.328 e. The molecule has 1 aromatic heterocycles. The van der Waals surface area contributed by atoms with Crippen LogP contribution in [-0.4, -0.2) is 87.7 Å². The largest absolute Gasteiger partial charge is 0.480 e. The monoisotopic (exact) mass is 617 g/mol. The fraction of sp³-hybridized carbons (Fsp3) is 0.567. The fourth-order valence-corrected chi connectivity index (χ4v) is 4.68. The first-order chi connectivity index (χ1) is 20.7. The van der Waals surface area contributed by atoms with E-state index in [0.29, 0.717) is 19.4 Å². The van der Waals surface area contributed by atoms with E-state index in [-0.39, 0.29) is 25.2 Å². The van der Waals surface area contributed by atoms with Gasteiger partial charge in [0.05, 0.1) is 12.1 Å². The maximum atomic E-state index is 13.8. The van der Waals surface area contributed by atoms with Crippen molar-refractivity contribution >= 4 is 40.5 Å². The first-order valence-corrected chi connectivity index (χ1v) is 14.9. The summed E-state index contributed by atoms with van der Waals surface area (Å²) in [6.07, 6.45) is 1.78. The van der Waals surface area contributed by atoms with E-state index in [4.69, 9.17) is 11.5 Å². The number of carbonyl (C=O) groups excluding carboxylic acids is 4. The van der Waals surface area contributed by atoms with E-state index in [9.17, 15) is 34.2 Å². The molecule has 0 aliphatic carbocycles. The molecule has 0 aliphatic rings. The molecule has 0 spiro atoms. The molecular formula is C30H47N7O7. The Morgan fingerprint density at radius 1 is 0.841 bits per heavy atom. The molecule has 2 aromatic rings. The summed E-state index contributed by atoms with van der Waals surface area (Å²) >= 11 is 0. The molecule has 44 heavy (non-hydrogen) atoms. The third-order valence-electron chi connectivity index (χ3n) is 7.11. The van der Waals surface area contributed by atoms with Gasteiger partial charge in [0.2, 0.25) is 23.6 Å². The lowest BCUT2D eigenvalue weighted by Gasteiger charge is -2.27. The average molecular weight is 618 g/mol. The fourth-order valence-electron chi connectivity index (χ4n) is 4.68. The zero-order valence-corrected chi connectivity index (χ0v) is 25.8. The van der Waals surface area contributed by atoms with Crippen molar-refractivity contribution in [3.63, 3.8) is 0 Å². The second-order valence-corrected chi connectivity index (χ2v) is 11.5. The van der Waals surface area contributed by atoms with Gasteiger partial charge >= 0.3 is 5.97 Å². The van der Waals surface area contributed by atoms with E-state index in [1.54, 1.807) is 6.20 Å². The van der Waals surface area contributed by atoms with Crippen LogP contribution in [0.2, 0.25) is 0 Å². The summed E-state index contributed by atoms with van der Waals surface area (Å²) in [5.74, 6) is -4.03. The summed E-state index contributed by atoms with van der Waals surface area (Å²) in [6, 6.07) is 1.65. The highest BCUT2D eigenvalue weighted by Crippen LogP contribution is 2.20. The van der Waals surface area contributed by atoms with E-state index in [2.05, 4.69) is 26.3 Å². The number of rotatable bonds is 18. The first kappa shape index (κ1) is 36.2. The molecule has 0 radical (unpaired) electrons. The quantitative estimate of drug-likeness (QED) is 0.0990. The van der Waals surface area contributed by atoms with E-state index in [0.717, 1.165) is 16.5 Å². The number of carbonyl (C=O) groups is 5. The van der Waals surface area contributed by atoms with Gasteiger partial charge in [-0.25, -0.2) is 4.79 Å². The van der Waals surface area contributed by atoms with Crippen LogP contribution in [0.1, 0.15) is 58.9 Å². The zero-order valence-electron chi connectivity index (χ0n) is 25.8. The highest BCUT2D eigenvalue weighted by atomic mass is 16.4. The zero-order chi connectivity index (χ0) is 33.0. The molecule has 14 nitrogen and oxygen atoms in total. The van der Waals surface area contributed by atoms with Crippen molar-refractivity contribution in [3.05, 3.63) is 36.0 Å². The van der Waals surface area contributed by atoms with Gasteiger partial charge in [-0.1, -0.05) is 32.0 Å². The number of nitrogens with one attached hydrogen (secondary N) is 5. The Morgan fingerprint density at radius 2 is 1.43 bits per heavy atom. The molecule has 1 heterocycles. The van der Waals surface area contributed by atoms with Crippen molar-refractivity contribution in [2.75, 3.05) is 6.54 Å². The van der Waals surface area contributed by atoms with Crippen LogP contribution in [0.3, 0.4) is 0 Å².